The average Bonchev–Trinajstić information content (AvgIpc) is 2.45. The normalized spacial score (nSPS) is 20.7. The van der Waals surface area contributed by atoms with Gasteiger partial charge >= 0.3 is 0 Å². The lowest BCUT2D eigenvalue weighted by atomic mass is 10.4. The zero-order chi connectivity index (χ0) is 13.2. The zero-order valence-electron chi connectivity index (χ0n) is 11.6. The molecular weight excluding hydrogens is 222 g/mol. The predicted molar refractivity (Wildman–Crippen MR) is 79.9 cm³/mol. The lowest BCUT2D eigenvalue weighted by Gasteiger charge is -2.23. The van der Waals surface area contributed by atoms with E-state index in [1.165, 1.54) is 0 Å². The van der Waals surface area contributed by atoms with Gasteiger partial charge in [0.05, 0.1) is 0 Å². The van der Waals surface area contributed by atoms with Crippen LogP contribution in [0, 0.1) is 0 Å². The van der Waals surface area contributed by atoms with Crippen LogP contribution < -0.4 is 0 Å². The first-order chi connectivity index (χ1) is 8.80. The molecule has 1 aliphatic rings. The minimum absolute atomic E-state index is 0.976. The minimum atomic E-state index is 0.976. The van der Waals surface area contributed by atoms with E-state index in [-0.39, 0.29) is 0 Å². The third-order valence-corrected chi connectivity index (χ3v) is 3.36. The molecule has 3 heteroatoms. The fraction of sp³-hybridized carbons (Fsp3) is 0.600. The van der Waals surface area contributed by atoms with Crippen molar-refractivity contribution < 1.29 is 0 Å². The topological polar surface area (TPSA) is 9.72 Å². The largest absolute Gasteiger partial charge is 0.297 e. The van der Waals surface area contributed by atoms with Crippen molar-refractivity contribution >= 4 is 0 Å². The molecule has 1 fully saturated rings. The Morgan fingerprint density at radius 3 is 0.944 bits per heavy atom. The van der Waals surface area contributed by atoms with Crippen molar-refractivity contribution in [2.75, 3.05) is 58.9 Å². The fourth-order valence-electron chi connectivity index (χ4n) is 2.28. The maximum absolute atomic E-state index is 3.84. The van der Waals surface area contributed by atoms with Gasteiger partial charge in [-0.05, 0) is 0 Å². The molecule has 1 saturated heterocycles. The second-order valence-electron chi connectivity index (χ2n) is 4.77. The molecule has 0 aliphatic carbocycles. The number of rotatable bonds is 6. The summed E-state index contributed by atoms with van der Waals surface area (Å²) in [5.74, 6) is 0. The van der Waals surface area contributed by atoms with E-state index in [1.807, 2.05) is 18.2 Å². The summed E-state index contributed by atoms with van der Waals surface area (Å²) in [7, 11) is 0. The van der Waals surface area contributed by atoms with Crippen molar-refractivity contribution in [1.82, 2.24) is 14.7 Å². The third kappa shape index (κ3) is 5.63. The quantitative estimate of drug-likeness (QED) is 0.660. The Morgan fingerprint density at radius 1 is 0.556 bits per heavy atom. The van der Waals surface area contributed by atoms with Crippen molar-refractivity contribution in [2.24, 2.45) is 0 Å². The summed E-state index contributed by atoms with van der Waals surface area (Å²) < 4.78 is 0. The summed E-state index contributed by atoms with van der Waals surface area (Å²) >= 11 is 0. The fourth-order valence-corrected chi connectivity index (χ4v) is 2.28. The molecule has 0 spiro atoms. The lowest BCUT2D eigenvalue weighted by Crippen LogP contribution is -2.36. The second-order valence-corrected chi connectivity index (χ2v) is 4.77. The highest BCUT2D eigenvalue weighted by molar-refractivity contribution is 4.82. The van der Waals surface area contributed by atoms with Gasteiger partial charge in [0.25, 0.3) is 0 Å². The van der Waals surface area contributed by atoms with Crippen LogP contribution in [0.2, 0.25) is 0 Å². The molecule has 0 aromatic heterocycles. The highest BCUT2D eigenvalue weighted by Crippen LogP contribution is 2.01. The molecular formula is C15H27N3. The molecule has 0 bridgehead atoms. The van der Waals surface area contributed by atoms with E-state index in [2.05, 4.69) is 34.4 Å². The molecule has 3 nitrogen and oxygen atoms in total. The summed E-state index contributed by atoms with van der Waals surface area (Å²) in [6.07, 6.45) is 5.98. The van der Waals surface area contributed by atoms with Gasteiger partial charge in [0.15, 0.2) is 0 Å². The first-order valence-electron chi connectivity index (χ1n) is 6.80. The number of hydrogen-bond donors (Lipinski definition) is 0. The summed E-state index contributed by atoms with van der Waals surface area (Å²) in [6.45, 7) is 21.1. The number of hydrogen-bond acceptors (Lipinski definition) is 3. The van der Waals surface area contributed by atoms with Crippen LogP contribution >= 0.6 is 0 Å². The number of nitrogens with zero attached hydrogens (tertiary/aromatic N) is 3. The van der Waals surface area contributed by atoms with Gasteiger partial charge in [-0.25, -0.2) is 0 Å². The Morgan fingerprint density at radius 2 is 0.778 bits per heavy atom. The SMILES string of the molecule is C=CCN1CCN(CC=C)CCN(CC=C)CC1. The summed E-state index contributed by atoms with van der Waals surface area (Å²) in [6, 6.07) is 0. The van der Waals surface area contributed by atoms with Crippen molar-refractivity contribution in [2.45, 2.75) is 0 Å². The molecule has 0 saturated carbocycles. The summed E-state index contributed by atoms with van der Waals surface area (Å²) in [5, 5.41) is 0. The van der Waals surface area contributed by atoms with E-state index >= 15 is 0 Å². The molecule has 18 heavy (non-hydrogen) atoms. The van der Waals surface area contributed by atoms with Crippen LogP contribution in [0.4, 0.5) is 0 Å². The van der Waals surface area contributed by atoms with E-state index in [0.717, 1.165) is 58.9 Å². The molecule has 0 amide bonds. The first kappa shape index (κ1) is 15.2. The van der Waals surface area contributed by atoms with E-state index in [1.54, 1.807) is 0 Å². The van der Waals surface area contributed by atoms with Crippen LogP contribution in [0.25, 0.3) is 0 Å². The van der Waals surface area contributed by atoms with Gasteiger partial charge in [0.2, 0.25) is 0 Å². The van der Waals surface area contributed by atoms with Crippen molar-refractivity contribution in [3.63, 3.8) is 0 Å². The average molecular weight is 249 g/mol. The standard InChI is InChI=1S/C15H27N3/c1-4-7-16-10-12-17(8-5-2)14-15-18(9-6-3)13-11-16/h4-6H,1-3,7-15H2. The monoisotopic (exact) mass is 249 g/mol. The predicted octanol–water partition coefficient (Wildman–Crippen LogP) is 1.46. The minimum Gasteiger partial charge on any atom is -0.297 e. The van der Waals surface area contributed by atoms with Gasteiger partial charge in [-0.15, -0.1) is 19.7 Å². The molecule has 0 aromatic carbocycles. The van der Waals surface area contributed by atoms with Crippen LogP contribution in [0.15, 0.2) is 38.0 Å². The molecule has 0 radical (unpaired) electrons. The van der Waals surface area contributed by atoms with Crippen LogP contribution in [-0.2, 0) is 0 Å². The van der Waals surface area contributed by atoms with Gasteiger partial charge in [-0.1, -0.05) is 18.2 Å². The van der Waals surface area contributed by atoms with Crippen molar-refractivity contribution in [3.05, 3.63) is 38.0 Å². The highest BCUT2D eigenvalue weighted by atomic mass is 15.3. The molecule has 0 N–H and O–H groups in total. The van der Waals surface area contributed by atoms with E-state index < -0.39 is 0 Å². The highest BCUT2D eigenvalue weighted by Gasteiger charge is 2.14. The second kappa shape index (κ2) is 9.09. The van der Waals surface area contributed by atoms with Crippen LogP contribution in [0.3, 0.4) is 0 Å². The smallest absolute Gasteiger partial charge is 0.0161 e. The Hall–Kier alpha value is -0.900. The Bertz CT molecular complexity index is 208. The van der Waals surface area contributed by atoms with Gasteiger partial charge in [0.1, 0.15) is 0 Å². The Balaban J connectivity index is 2.57. The molecule has 102 valence electrons. The lowest BCUT2D eigenvalue weighted by molar-refractivity contribution is 0.246. The van der Waals surface area contributed by atoms with Gasteiger partial charge in [-0.2, -0.15) is 0 Å². The molecule has 0 aromatic rings. The zero-order valence-corrected chi connectivity index (χ0v) is 11.6. The molecule has 1 aliphatic heterocycles. The van der Waals surface area contributed by atoms with Gasteiger partial charge in [0, 0.05) is 58.9 Å². The van der Waals surface area contributed by atoms with Crippen LogP contribution in [0.1, 0.15) is 0 Å². The van der Waals surface area contributed by atoms with E-state index in [0.29, 0.717) is 0 Å². The summed E-state index contributed by atoms with van der Waals surface area (Å²) in [4.78, 5) is 7.39. The Labute approximate surface area is 112 Å². The first-order valence-corrected chi connectivity index (χ1v) is 6.80. The van der Waals surface area contributed by atoms with Crippen molar-refractivity contribution in [3.8, 4) is 0 Å². The third-order valence-electron chi connectivity index (χ3n) is 3.36. The van der Waals surface area contributed by atoms with E-state index in [9.17, 15) is 0 Å². The van der Waals surface area contributed by atoms with Gasteiger partial charge in [-0.3, -0.25) is 14.7 Å². The summed E-state index contributed by atoms with van der Waals surface area (Å²) in [5.41, 5.74) is 0. The van der Waals surface area contributed by atoms with Crippen molar-refractivity contribution in [1.29, 1.82) is 0 Å². The Kier molecular flexibility index (Phi) is 7.65. The molecule has 0 unspecified atom stereocenters. The van der Waals surface area contributed by atoms with Crippen LogP contribution in [-0.4, -0.2) is 73.6 Å². The maximum atomic E-state index is 3.84. The van der Waals surface area contributed by atoms with E-state index in [4.69, 9.17) is 0 Å². The molecule has 1 rings (SSSR count). The van der Waals surface area contributed by atoms with Gasteiger partial charge < -0.3 is 0 Å². The maximum Gasteiger partial charge on any atom is 0.0161 e. The van der Waals surface area contributed by atoms with Crippen LogP contribution in [0.5, 0.6) is 0 Å². The molecule has 1 heterocycles. The molecule has 0 atom stereocenters.